The molecule has 0 bridgehead atoms. The number of carbonyl (C=O) groups is 1. The van der Waals surface area contributed by atoms with Crippen LogP contribution in [-0.4, -0.2) is 26.8 Å². The van der Waals surface area contributed by atoms with Crippen LogP contribution in [0.3, 0.4) is 0 Å². The molecule has 0 unspecified atom stereocenters. The topological polar surface area (TPSA) is 81.3 Å². The van der Waals surface area contributed by atoms with Crippen LogP contribution in [0.5, 0.6) is 0 Å². The number of fused-ring (bicyclic) bond motifs is 3. The Labute approximate surface area is 206 Å². The lowest BCUT2D eigenvalue weighted by molar-refractivity contribution is -0.137. The number of hydrogen-bond acceptors (Lipinski definition) is 5. The molecule has 2 aliphatic carbocycles. The van der Waals surface area contributed by atoms with Gasteiger partial charge in [0.1, 0.15) is 5.82 Å². The lowest BCUT2D eigenvalue weighted by atomic mass is 9.99. The summed E-state index contributed by atoms with van der Waals surface area (Å²) in [6.45, 7) is 2.50. The number of carbonyl (C=O) groups excluding carboxylic acids is 1. The second kappa shape index (κ2) is 8.16. The van der Waals surface area contributed by atoms with Crippen LogP contribution in [0.4, 0.5) is 19.0 Å². The average Bonchev–Trinajstić information content (AvgIpc) is 3.13. The predicted octanol–water partition coefficient (Wildman–Crippen LogP) is 5.80. The highest BCUT2D eigenvalue weighted by molar-refractivity contribution is 5.99. The molecule has 1 aromatic carbocycles. The Balaban J connectivity index is 1.35. The highest BCUT2D eigenvalue weighted by Crippen LogP contribution is 2.60. The third-order valence-corrected chi connectivity index (χ3v) is 8.16. The highest BCUT2D eigenvalue weighted by Gasteiger charge is 2.58. The zero-order valence-electron chi connectivity index (χ0n) is 19.9. The first-order valence-corrected chi connectivity index (χ1v) is 12.3. The SMILES string of the molecule is C[C@H]1OCc2c1c(N)nc1ccc(C(=O)N(Cc3ccc(C(F)(F)F)cn3)[C@H]3CC34CCCC4)cc21. The molecular formula is C27H27F3N4O2. The predicted molar refractivity (Wildman–Crippen MR) is 128 cm³/mol. The molecule has 1 spiro atoms. The van der Waals surface area contributed by atoms with Crippen LogP contribution >= 0.6 is 0 Å². The number of nitrogen functional groups attached to an aromatic ring is 1. The molecule has 3 aromatic rings. The second-order valence-electron chi connectivity index (χ2n) is 10.3. The van der Waals surface area contributed by atoms with Crippen molar-refractivity contribution < 1.29 is 22.7 Å². The minimum Gasteiger partial charge on any atom is -0.383 e. The summed E-state index contributed by atoms with van der Waals surface area (Å²) in [5.41, 5.74) is 8.97. The van der Waals surface area contributed by atoms with E-state index in [0.29, 0.717) is 29.2 Å². The van der Waals surface area contributed by atoms with Crippen molar-refractivity contribution in [1.82, 2.24) is 14.9 Å². The number of pyridine rings is 2. The van der Waals surface area contributed by atoms with E-state index in [2.05, 4.69) is 9.97 Å². The van der Waals surface area contributed by atoms with Crippen molar-refractivity contribution in [3.05, 3.63) is 64.5 Å². The summed E-state index contributed by atoms with van der Waals surface area (Å²) in [5, 5.41) is 0.841. The molecule has 36 heavy (non-hydrogen) atoms. The van der Waals surface area contributed by atoms with Crippen molar-refractivity contribution >= 4 is 22.6 Å². The Hall–Kier alpha value is -3.20. The van der Waals surface area contributed by atoms with Gasteiger partial charge >= 0.3 is 6.18 Å². The maximum Gasteiger partial charge on any atom is 0.417 e. The fraction of sp³-hybridized carbons (Fsp3) is 0.444. The molecule has 2 aromatic heterocycles. The van der Waals surface area contributed by atoms with Gasteiger partial charge in [-0.25, -0.2) is 4.98 Å². The third-order valence-electron chi connectivity index (χ3n) is 8.16. The number of benzene rings is 1. The molecule has 2 N–H and O–H groups in total. The molecule has 1 aliphatic heterocycles. The van der Waals surface area contributed by atoms with Crippen LogP contribution in [0.15, 0.2) is 36.5 Å². The van der Waals surface area contributed by atoms with E-state index in [1.54, 1.807) is 12.1 Å². The van der Waals surface area contributed by atoms with Crippen molar-refractivity contribution in [1.29, 1.82) is 0 Å². The number of aromatic nitrogens is 2. The van der Waals surface area contributed by atoms with E-state index >= 15 is 0 Å². The summed E-state index contributed by atoms with van der Waals surface area (Å²) in [4.78, 5) is 24.3. The van der Waals surface area contributed by atoms with Gasteiger partial charge in [-0.2, -0.15) is 13.2 Å². The normalized spacial score (nSPS) is 22.2. The molecular weight excluding hydrogens is 469 g/mol. The molecule has 6 nitrogen and oxygen atoms in total. The maximum absolute atomic E-state index is 13.9. The first kappa shape index (κ1) is 23.2. The van der Waals surface area contributed by atoms with Crippen LogP contribution in [0, 0.1) is 5.41 Å². The number of halogens is 3. The number of amides is 1. The minimum atomic E-state index is -4.45. The zero-order chi connectivity index (χ0) is 25.2. The molecule has 2 fully saturated rings. The summed E-state index contributed by atoms with van der Waals surface area (Å²) in [5.74, 6) is 0.294. The van der Waals surface area contributed by atoms with Gasteiger partial charge in [0.25, 0.3) is 5.91 Å². The smallest absolute Gasteiger partial charge is 0.383 e. The standard InChI is InChI=1S/C27H27F3N4O2/c1-15-23-20(14-36-15)19-10-16(4-7-21(19)33-24(23)31)25(35)34(22-11-26(22)8-2-3-9-26)13-18-6-5-17(12-32-18)27(28,29)30/h4-7,10,12,15,22H,2-3,8-9,11,13-14H2,1H3,(H2,31,33)/t15-,22+/m1/s1. The van der Waals surface area contributed by atoms with E-state index in [4.69, 9.17) is 10.5 Å². The number of alkyl halides is 3. The van der Waals surface area contributed by atoms with Gasteiger partial charge in [0.2, 0.25) is 0 Å². The molecule has 9 heteroatoms. The Morgan fingerprint density at radius 1 is 1.22 bits per heavy atom. The van der Waals surface area contributed by atoms with E-state index in [-0.39, 0.29) is 30.0 Å². The molecule has 0 saturated heterocycles. The van der Waals surface area contributed by atoms with Gasteiger partial charge in [0.05, 0.1) is 36.0 Å². The van der Waals surface area contributed by atoms with Crippen LogP contribution in [0.1, 0.15) is 77.9 Å². The number of hydrogen-bond donors (Lipinski definition) is 1. The van der Waals surface area contributed by atoms with E-state index in [1.165, 1.54) is 6.07 Å². The first-order valence-electron chi connectivity index (χ1n) is 12.3. The minimum absolute atomic E-state index is 0.0610. The van der Waals surface area contributed by atoms with Crippen LogP contribution < -0.4 is 5.73 Å². The maximum atomic E-state index is 13.9. The fourth-order valence-electron chi connectivity index (χ4n) is 6.13. The molecule has 3 heterocycles. The summed E-state index contributed by atoms with van der Waals surface area (Å²) in [7, 11) is 0. The number of rotatable bonds is 4. The Morgan fingerprint density at radius 3 is 2.69 bits per heavy atom. The molecule has 0 radical (unpaired) electrons. The van der Waals surface area contributed by atoms with Gasteiger partial charge in [0.15, 0.2) is 0 Å². The molecule has 3 aliphatic rings. The first-order chi connectivity index (χ1) is 17.2. The van der Waals surface area contributed by atoms with Crippen molar-refractivity contribution in [2.75, 3.05) is 5.73 Å². The Bertz CT molecular complexity index is 1350. The van der Waals surface area contributed by atoms with Gasteiger partial charge in [0, 0.05) is 28.8 Å². The number of nitrogens with zero attached hydrogens (tertiary/aromatic N) is 3. The van der Waals surface area contributed by atoms with E-state index in [1.807, 2.05) is 17.9 Å². The van der Waals surface area contributed by atoms with E-state index in [9.17, 15) is 18.0 Å². The largest absolute Gasteiger partial charge is 0.417 e. The molecule has 2 atom stereocenters. The second-order valence-corrected chi connectivity index (χ2v) is 10.3. The molecule has 188 valence electrons. The quantitative estimate of drug-likeness (QED) is 0.494. The summed E-state index contributed by atoms with van der Waals surface area (Å²) < 4.78 is 44.8. The molecule has 1 amide bonds. The summed E-state index contributed by atoms with van der Waals surface area (Å²) in [6, 6.07) is 7.85. The third kappa shape index (κ3) is 3.80. The fourth-order valence-corrected chi connectivity index (χ4v) is 6.13. The number of nitrogens with two attached hydrogens (primary N) is 1. The Kier molecular flexibility index (Phi) is 5.26. The molecule has 6 rings (SSSR count). The van der Waals surface area contributed by atoms with Crippen molar-refractivity contribution in [2.24, 2.45) is 5.41 Å². The van der Waals surface area contributed by atoms with Gasteiger partial charge in [-0.1, -0.05) is 12.8 Å². The van der Waals surface area contributed by atoms with Gasteiger partial charge in [-0.3, -0.25) is 9.78 Å². The van der Waals surface area contributed by atoms with Crippen molar-refractivity contribution in [2.45, 2.75) is 70.5 Å². The van der Waals surface area contributed by atoms with Crippen LogP contribution in [-0.2, 0) is 24.1 Å². The van der Waals surface area contributed by atoms with Gasteiger partial charge in [-0.15, -0.1) is 0 Å². The summed E-state index contributed by atoms with van der Waals surface area (Å²) in [6.07, 6.45) is 1.59. The number of anilines is 1. The van der Waals surface area contributed by atoms with Gasteiger partial charge < -0.3 is 15.4 Å². The lowest BCUT2D eigenvalue weighted by Gasteiger charge is -2.26. The van der Waals surface area contributed by atoms with Gasteiger partial charge in [-0.05, 0) is 67.5 Å². The van der Waals surface area contributed by atoms with E-state index < -0.39 is 11.7 Å². The van der Waals surface area contributed by atoms with Crippen molar-refractivity contribution in [3.8, 4) is 0 Å². The molecule has 2 saturated carbocycles. The lowest BCUT2D eigenvalue weighted by Crippen LogP contribution is -2.35. The zero-order valence-corrected chi connectivity index (χ0v) is 19.9. The highest BCUT2D eigenvalue weighted by atomic mass is 19.4. The summed E-state index contributed by atoms with van der Waals surface area (Å²) >= 11 is 0. The number of ether oxygens (including phenoxy) is 1. The monoisotopic (exact) mass is 496 g/mol. The van der Waals surface area contributed by atoms with Crippen molar-refractivity contribution in [3.63, 3.8) is 0 Å². The average molecular weight is 497 g/mol. The van der Waals surface area contributed by atoms with E-state index in [0.717, 1.165) is 60.9 Å². The van der Waals surface area contributed by atoms with Crippen LogP contribution in [0.25, 0.3) is 10.9 Å². The Morgan fingerprint density at radius 2 is 2.00 bits per heavy atom. The van der Waals surface area contributed by atoms with Crippen LogP contribution in [0.2, 0.25) is 0 Å².